The van der Waals surface area contributed by atoms with Crippen LogP contribution in [0.3, 0.4) is 0 Å². The highest BCUT2D eigenvalue weighted by Crippen LogP contribution is 2.39. The molecule has 2 N–H and O–H groups in total. The predicted octanol–water partition coefficient (Wildman–Crippen LogP) is 7.13. The monoisotopic (exact) mass is 613 g/mol. The second kappa shape index (κ2) is 13.9. The molecule has 0 radical (unpaired) electrons. The average molecular weight is 614 g/mol. The molecular formula is C37H47N3O5. The Labute approximate surface area is 267 Å². The van der Waals surface area contributed by atoms with Gasteiger partial charge in [0.1, 0.15) is 17.3 Å². The summed E-state index contributed by atoms with van der Waals surface area (Å²) in [5, 5.41) is 12.7. The van der Waals surface area contributed by atoms with Gasteiger partial charge < -0.3 is 24.8 Å². The molecule has 2 aromatic carbocycles. The number of aromatic nitrogens is 1. The number of carbonyl (C=O) groups excluding carboxylic acids is 1. The van der Waals surface area contributed by atoms with Crippen molar-refractivity contribution in [1.29, 1.82) is 0 Å². The van der Waals surface area contributed by atoms with E-state index in [0.717, 1.165) is 61.3 Å². The molecule has 0 bridgehead atoms. The third kappa shape index (κ3) is 8.56. The average Bonchev–Trinajstić information content (AvgIpc) is 3.85. The van der Waals surface area contributed by atoms with Gasteiger partial charge in [0, 0.05) is 25.4 Å². The molecule has 8 heteroatoms. The SMILES string of the molecule is COc1ccc(C(=O)Nc2ncccc2CC(C)(C)C)c(N2CC[C@@H](COc3cccc(C[C@H](C(=O)O)C4CC4)c3)[C@@H](C)C2)c1. The Hall–Kier alpha value is -4.07. The van der Waals surface area contributed by atoms with Gasteiger partial charge in [-0.15, -0.1) is 0 Å². The number of hydrogen-bond acceptors (Lipinski definition) is 6. The Bertz CT molecular complexity index is 1500. The lowest BCUT2D eigenvalue weighted by molar-refractivity contribution is -0.142. The number of hydrogen-bond donors (Lipinski definition) is 2. The molecule has 1 amide bonds. The molecule has 1 aliphatic heterocycles. The summed E-state index contributed by atoms with van der Waals surface area (Å²) in [6, 6.07) is 17.4. The van der Waals surface area contributed by atoms with Crippen LogP contribution in [0.5, 0.6) is 11.5 Å². The lowest BCUT2D eigenvalue weighted by atomic mass is 9.87. The van der Waals surface area contributed by atoms with Crippen molar-refractivity contribution in [3.05, 3.63) is 77.5 Å². The maximum absolute atomic E-state index is 13.7. The molecule has 2 heterocycles. The third-order valence-electron chi connectivity index (χ3n) is 9.04. The number of ether oxygens (including phenoxy) is 2. The van der Waals surface area contributed by atoms with E-state index in [1.807, 2.05) is 54.6 Å². The van der Waals surface area contributed by atoms with Crippen LogP contribution in [-0.2, 0) is 17.6 Å². The number of amides is 1. The fourth-order valence-electron chi connectivity index (χ4n) is 6.37. The van der Waals surface area contributed by atoms with Gasteiger partial charge in [0.25, 0.3) is 5.91 Å². The van der Waals surface area contributed by atoms with Crippen LogP contribution in [0.2, 0.25) is 0 Å². The quantitative estimate of drug-likeness (QED) is 0.224. The maximum atomic E-state index is 13.7. The summed E-state index contributed by atoms with van der Waals surface area (Å²) in [6.45, 7) is 10.9. The summed E-state index contributed by atoms with van der Waals surface area (Å²) in [5.41, 5.74) is 3.52. The minimum atomic E-state index is -0.705. The highest BCUT2D eigenvalue weighted by molar-refractivity contribution is 6.08. The van der Waals surface area contributed by atoms with E-state index in [4.69, 9.17) is 9.47 Å². The summed E-state index contributed by atoms with van der Waals surface area (Å²) in [6.07, 6.45) is 5.98. The topological polar surface area (TPSA) is 101 Å². The van der Waals surface area contributed by atoms with Gasteiger partial charge in [-0.1, -0.05) is 45.9 Å². The lowest BCUT2D eigenvalue weighted by Gasteiger charge is -2.39. The van der Waals surface area contributed by atoms with Crippen LogP contribution < -0.4 is 19.7 Å². The van der Waals surface area contributed by atoms with E-state index < -0.39 is 5.97 Å². The number of rotatable bonds is 12. The van der Waals surface area contributed by atoms with E-state index >= 15 is 0 Å². The molecule has 1 saturated heterocycles. The Kier molecular flexibility index (Phi) is 10.0. The summed E-state index contributed by atoms with van der Waals surface area (Å²) in [5.74, 6) is 1.85. The van der Waals surface area contributed by atoms with E-state index in [-0.39, 0.29) is 17.2 Å². The zero-order valence-electron chi connectivity index (χ0n) is 27.2. The number of benzene rings is 2. The van der Waals surface area contributed by atoms with Gasteiger partial charge in [0.15, 0.2) is 0 Å². The molecule has 0 spiro atoms. The standard InChI is InChI=1S/C37H47N3O5/c1-24-22-40(17-15-28(24)23-45-30-10-6-8-25(18-30)19-32(36(42)43)26-11-12-26)33-20-29(44-5)13-14-31(33)35(41)39-34-27(9-7-16-38-34)21-37(2,3)4/h6-10,13-14,16,18,20,24,26,28,32H,11-12,15,17,19,21-23H2,1-5H3,(H,42,43)(H,38,39,41)/t24-,28-,32-/m0/s1. The highest BCUT2D eigenvalue weighted by atomic mass is 16.5. The summed E-state index contributed by atoms with van der Waals surface area (Å²) >= 11 is 0. The normalized spacial score (nSPS) is 19.1. The molecule has 1 aromatic heterocycles. The van der Waals surface area contributed by atoms with Crippen LogP contribution in [0.15, 0.2) is 60.8 Å². The van der Waals surface area contributed by atoms with E-state index in [0.29, 0.717) is 47.9 Å². The van der Waals surface area contributed by atoms with Gasteiger partial charge in [-0.25, -0.2) is 4.98 Å². The molecular weight excluding hydrogens is 566 g/mol. The number of aliphatic carboxylic acids is 1. The van der Waals surface area contributed by atoms with Crippen LogP contribution in [0, 0.1) is 29.1 Å². The van der Waals surface area contributed by atoms with E-state index in [1.54, 1.807) is 13.3 Å². The highest BCUT2D eigenvalue weighted by Gasteiger charge is 2.36. The number of carboxylic acid groups (broad SMARTS) is 1. The molecule has 2 aliphatic rings. The second-order valence-electron chi connectivity index (χ2n) is 14.0. The van der Waals surface area contributed by atoms with Crippen LogP contribution in [0.25, 0.3) is 0 Å². The van der Waals surface area contributed by atoms with Gasteiger partial charge in [0.2, 0.25) is 0 Å². The van der Waals surface area contributed by atoms with Crippen LogP contribution in [0.1, 0.15) is 68.4 Å². The Morgan fingerprint density at radius 1 is 1.07 bits per heavy atom. The lowest BCUT2D eigenvalue weighted by Crippen LogP contribution is -2.42. The largest absolute Gasteiger partial charge is 0.497 e. The molecule has 2 fully saturated rings. The molecule has 240 valence electrons. The van der Waals surface area contributed by atoms with Gasteiger partial charge in [-0.2, -0.15) is 0 Å². The summed E-state index contributed by atoms with van der Waals surface area (Å²) < 4.78 is 11.8. The van der Waals surface area contributed by atoms with Crippen LogP contribution >= 0.6 is 0 Å². The molecule has 5 rings (SSSR count). The van der Waals surface area contributed by atoms with E-state index in [2.05, 4.69) is 42.9 Å². The third-order valence-corrected chi connectivity index (χ3v) is 9.04. The van der Waals surface area contributed by atoms with Gasteiger partial charge >= 0.3 is 5.97 Å². The zero-order valence-corrected chi connectivity index (χ0v) is 27.2. The number of nitrogens with zero attached hydrogens (tertiary/aromatic N) is 2. The first-order valence-corrected chi connectivity index (χ1v) is 16.1. The fourth-order valence-corrected chi connectivity index (χ4v) is 6.37. The van der Waals surface area contributed by atoms with Crippen LogP contribution in [-0.4, -0.2) is 48.8 Å². The van der Waals surface area contributed by atoms with Crippen molar-refractivity contribution in [3.63, 3.8) is 0 Å². The van der Waals surface area contributed by atoms with E-state index in [1.165, 1.54) is 0 Å². The van der Waals surface area contributed by atoms with Gasteiger partial charge in [0.05, 0.1) is 30.9 Å². The van der Waals surface area contributed by atoms with Crippen LogP contribution in [0.4, 0.5) is 11.5 Å². The van der Waals surface area contributed by atoms with Gasteiger partial charge in [-0.05, 0) is 96.7 Å². The molecule has 1 aliphatic carbocycles. The van der Waals surface area contributed by atoms with Crippen molar-refractivity contribution in [1.82, 2.24) is 4.98 Å². The molecule has 1 saturated carbocycles. The Morgan fingerprint density at radius 3 is 2.56 bits per heavy atom. The number of nitrogens with one attached hydrogen (secondary N) is 1. The van der Waals surface area contributed by atoms with Crippen molar-refractivity contribution in [3.8, 4) is 11.5 Å². The number of piperidine rings is 1. The molecule has 8 nitrogen and oxygen atoms in total. The van der Waals surface area contributed by atoms with E-state index in [9.17, 15) is 14.7 Å². The minimum absolute atomic E-state index is 0.0558. The number of anilines is 2. The Balaban J connectivity index is 1.24. The number of pyridine rings is 1. The second-order valence-corrected chi connectivity index (χ2v) is 14.0. The van der Waals surface area contributed by atoms with Crippen molar-refractivity contribution in [2.24, 2.45) is 29.1 Å². The van der Waals surface area contributed by atoms with Crippen molar-refractivity contribution in [2.75, 3.05) is 37.0 Å². The predicted molar refractivity (Wildman–Crippen MR) is 177 cm³/mol. The number of carbonyl (C=O) groups is 2. The first kappa shape index (κ1) is 32.3. The maximum Gasteiger partial charge on any atom is 0.307 e. The summed E-state index contributed by atoms with van der Waals surface area (Å²) in [4.78, 5) is 32.2. The molecule has 3 aromatic rings. The molecule has 45 heavy (non-hydrogen) atoms. The van der Waals surface area contributed by atoms with Gasteiger partial charge in [-0.3, -0.25) is 9.59 Å². The molecule has 3 atom stereocenters. The number of methoxy groups -OCH3 is 1. The zero-order chi connectivity index (χ0) is 32.1. The first-order chi connectivity index (χ1) is 21.5. The fraction of sp³-hybridized carbons (Fsp3) is 0.486. The smallest absolute Gasteiger partial charge is 0.307 e. The molecule has 0 unspecified atom stereocenters. The Morgan fingerprint density at radius 2 is 1.87 bits per heavy atom. The van der Waals surface area contributed by atoms with Crippen molar-refractivity contribution < 1.29 is 24.2 Å². The van der Waals surface area contributed by atoms with Crippen molar-refractivity contribution >= 4 is 23.4 Å². The number of carboxylic acids is 1. The first-order valence-electron chi connectivity index (χ1n) is 16.1. The summed E-state index contributed by atoms with van der Waals surface area (Å²) in [7, 11) is 1.64. The van der Waals surface area contributed by atoms with Crippen molar-refractivity contribution in [2.45, 2.75) is 59.8 Å². The minimum Gasteiger partial charge on any atom is -0.497 e.